The van der Waals surface area contributed by atoms with E-state index in [0.29, 0.717) is 15.8 Å². The number of nitrogens with one attached hydrogen (secondary N) is 1. The minimum Gasteiger partial charge on any atom is -0.468 e. The van der Waals surface area contributed by atoms with Gasteiger partial charge in [-0.05, 0) is 29.8 Å². The van der Waals surface area contributed by atoms with Crippen LogP contribution < -0.4 is 5.43 Å². The number of thiazole rings is 1. The third kappa shape index (κ3) is 5.75. The standard InChI is InChI=1S/C17H14ClN3O4S2/c18-13-5-3-12(4-6-13)8-19-21-17(22)15-9-26-16(20-15)11-27(23,24)10-14-2-1-7-25-14/h1-9H,10-11H2,(H,21,22)/b19-8-. The predicted molar refractivity (Wildman–Crippen MR) is 104 cm³/mol. The van der Waals surface area contributed by atoms with E-state index in [1.165, 1.54) is 17.9 Å². The van der Waals surface area contributed by atoms with Crippen LogP contribution in [0.1, 0.15) is 26.8 Å². The van der Waals surface area contributed by atoms with Crippen molar-refractivity contribution in [2.24, 2.45) is 5.10 Å². The van der Waals surface area contributed by atoms with Crippen LogP contribution in [0.25, 0.3) is 0 Å². The zero-order chi connectivity index (χ0) is 19.3. The van der Waals surface area contributed by atoms with Crippen molar-refractivity contribution in [1.82, 2.24) is 10.4 Å². The van der Waals surface area contributed by atoms with Crippen molar-refractivity contribution < 1.29 is 17.6 Å². The number of carbonyl (C=O) groups excluding carboxylic acids is 1. The maximum absolute atomic E-state index is 12.2. The first-order valence-corrected chi connectivity index (χ1v) is 10.8. The van der Waals surface area contributed by atoms with Gasteiger partial charge in [-0.1, -0.05) is 23.7 Å². The molecule has 0 saturated carbocycles. The molecule has 0 bridgehead atoms. The monoisotopic (exact) mass is 423 g/mol. The van der Waals surface area contributed by atoms with Crippen LogP contribution in [-0.4, -0.2) is 25.5 Å². The molecule has 3 rings (SSSR count). The third-order valence-corrected chi connectivity index (χ3v) is 6.04. The number of rotatable bonds is 7. The molecular weight excluding hydrogens is 410 g/mol. The zero-order valence-electron chi connectivity index (χ0n) is 13.8. The molecule has 0 spiro atoms. The van der Waals surface area contributed by atoms with Crippen molar-refractivity contribution in [2.75, 3.05) is 0 Å². The summed E-state index contributed by atoms with van der Waals surface area (Å²) in [6.45, 7) is 0. The van der Waals surface area contributed by atoms with Gasteiger partial charge in [-0.15, -0.1) is 11.3 Å². The Morgan fingerprint density at radius 2 is 2.04 bits per heavy atom. The van der Waals surface area contributed by atoms with E-state index < -0.39 is 15.7 Å². The number of amides is 1. The highest BCUT2D eigenvalue weighted by molar-refractivity contribution is 7.89. The van der Waals surface area contributed by atoms with Crippen molar-refractivity contribution in [1.29, 1.82) is 0 Å². The van der Waals surface area contributed by atoms with Gasteiger partial charge in [0.05, 0.1) is 12.5 Å². The Morgan fingerprint density at radius 1 is 1.26 bits per heavy atom. The van der Waals surface area contributed by atoms with Gasteiger partial charge in [-0.25, -0.2) is 18.8 Å². The highest BCUT2D eigenvalue weighted by Crippen LogP contribution is 2.16. The van der Waals surface area contributed by atoms with Gasteiger partial charge < -0.3 is 4.42 Å². The van der Waals surface area contributed by atoms with E-state index in [4.69, 9.17) is 16.0 Å². The summed E-state index contributed by atoms with van der Waals surface area (Å²) in [5, 5.41) is 6.27. The molecule has 0 unspecified atom stereocenters. The van der Waals surface area contributed by atoms with Gasteiger partial charge in [-0.2, -0.15) is 5.10 Å². The molecule has 2 aromatic heterocycles. The Morgan fingerprint density at radius 3 is 2.74 bits per heavy atom. The summed E-state index contributed by atoms with van der Waals surface area (Å²) in [6, 6.07) is 10.1. The quantitative estimate of drug-likeness (QED) is 0.464. The minimum atomic E-state index is -3.44. The predicted octanol–water partition coefficient (Wildman–Crippen LogP) is 3.27. The van der Waals surface area contributed by atoms with Crippen LogP contribution in [0.5, 0.6) is 0 Å². The van der Waals surface area contributed by atoms with E-state index in [0.717, 1.165) is 16.9 Å². The Hall–Kier alpha value is -2.49. The molecule has 1 amide bonds. The largest absolute Gasteiger partial charge is 0.468 e. The van der Waals surface area contributed by atoms with Crippen LogP contribution in [0.4, 0.5) is 0 Å². The van der Waals surface area contributed by atoms with Gasteiger partial charge in [0.25, 0.3) is 5.91 Å². The van der Waals surface area contributed by atoms with Crippen LogP contribution in [0, 0.1) is 0 Å². The summed E-state index contributed by atoms with van der Waals surface area (Å²) in [4.78, 5) is 16.1. The average Bonchev–Trinajstić information content (AvgIpc) is 3.28. The fourth-order valence-corrected chi connectivity index (χ4v) is 4.74. The van der Waals surface area contributed by atoms with Crippen molar-refractivity contribution in [3.8, 4) is 0 Å². The number of hydrazone groups is 1. The number of benzene rings is 1. The van der Waals surface area contributed by atoms with Crippen molar-refractivity contribution >= 4 is 44.9 Å². The fourth-order valence-electron chi connectivity index (χ4n) is 2.10. The number of nitrogens with zero attached hydrogens (tertiary/aromatic N) is 2. The number of aromatic nitrogens is 1. The number of sulfone groups is 1. The van der Waals surface area contributed by atoms with Gasteiger partial charge in [0.15, 0.2) is 9.84 Å². The Bertz CT molecular complexity index is 1040. The molecule has 0 aliphatic rings. The molecule has 0 fully saturated rings. The van der Waals surface area contributed by atoms with E-state index in [-0.39, 0.29) is 17.2 Å². The lowest BCUT2D eigenvalue weighted by Crippen LogP contribution is -2.18. The van der Waals surface area contributed by atoms with Crippen LogP contribution >= 0.6 is 22.9 Å². The topological polar surface area (TPSA) is 102 Å². The number of hydrogen-bond acceptors (Lipinski definition) is 7. The van der Waals surface area contributed by atoms with Gasteiger partial charge in [0.1, 0.15) is 28.0 Å². The summed E-state index contributed by atoms with van der Waals surface area (Å²) >= 11 is 6.89. The van der Waals surface area contributed by atoms with Gasteiger partial charge in [-0.3, -0.25) is 4.79 Å². The van der Waals surface area contributed by atoms with Gasteiger partial charge >= 0.3 is 0 Å². The molecule has 7 nitrogen and oxygen atoms in total. The molecular formula is C17H14ClN3O4S2. The Kier molecular flexibility index (Phi) is 6.04. The molecule has 140 valence electrons. The minimum absolute atomic E-state index is 0.108. The molecule has 0 radical (unpaired) electrons. The lowest BCUT2D eigenvalue weighted by molar-refractivity contribution is 0.0950. The lowest BCUT2D eigenvalue weighted by Gasteiger charge is -1.99. The summed E-state index contributed by atoms with van der Waals surface area (Å²) in [5.41, 5.74) is 3.23. The highest BCUT2D eigenvalue weighted by atomic mass is 35.5. The van der Waals surface area contributed by atoms with Crippen molar-refractivity contribution in [3.63, 3.8) is 0 Å². The third-order valence-electron chi connectivity index (χ3n) is 3.32. The number of hydrogen-bond donors (Lipinski definition) is 1. The Labute approximate surface area is 164 Å². The first-order chi connectivity index (χ1) is 12.9. The summed E-state index contributed by atoms with van der Waals surface area (Å²) in [6.07, 6.45) is 2.89. The number of halogens is 1. The molecule has 1 N–H and O–H groups in total. The summed E-state index contributed by atoms with van der Waals surface area (Å²) < 4.78 is 29.4. The maximum atomic E-state index is 12.2. The smallest absolute Gasteiger partial charge is 0.290 e. The average molecular weight is 424 g/mol. The SMILES string of the molecule is O=C(N/N=C\c1ccc(Cl)cc1)c1csc(CS(=O)(=O)Cc2ccco2)n1. The second-order valence-corrected chi connectivity index (χ2v) is 8.93. The van der Waals surface area contributed by atoms with E-state index in [9.17, 15) is 13.2 Å². The second kappa shape index (κ2) is 8.47. The van der Waals surface area contributed by atoms with Crippen LogP contribution in [-0.2, 0) is 21.3 Å². The van der Waals surface area contributed by atoms with E-state index in [2.05, 4.69) is 15.5 Å². The maximum Gasteiger partial charge on any atom is 0.290 e. The normalized spacial score (nSPS) is 11.7. The Balaban J connectivity index is 1.58. The fraction of sp³-hybridized carbons (Fsp3) is 0.118. The number of furan rings is 1. The van der Waals surface area contributed by atoms with Crippen molar-refractivity contribution in [3.05, 3.63) is 75.1 Å². The molecule has 3 aromatic rings. The highest BCUT2D eigenvalue weighted by Gasteiger charge is 2.18. The second-order valence-electron chi connectivity index (χ2n) is 5.49. The van der Waals surface area contributed by atoms with E-state index in [1.54, 1.807) is 36.4 Å². The van der Waals surface area contributed by atoms with Crippen LogP contribution in [0.15, 0.2) is 57.6 Å². The van der Waals surface area contributed by atoms with E-state index >= 15 is 0 Å². The molecule has 2 heterocycles. The molecule has 0 atom stereocenters. The summed E-state index contributed by atoms with van der Waals surface area (Å²) in [7, 11) is -3.44. The molecule has 1 aromatic carbocycles. The lowest BCUT2D eigenvalue weighted by atomic mass is 10.2. The zero-order valence-corrected chi connectivity index (χ0v) is 16.2. The number of carbonyl (C=O) groups is 1. The molecule has 0 aliphatic carbocycles. The first kappa shape index (κ1) is 19.3. The molecule has 0 aliphatic heterocycles. The molecule has 0 saturated heterocycles. The van der Waals surface area contributed by atoms with Crippen LogP contribution in [0.3, 0.4) is 0 Å². The van der Waals surface area contributed by atoms with Crippen LogP contribution in [0.2, 0.25) is 5.02 Å². The summed E-state index contributed by atoms with van der Waals surface area (Å²) in [5.74, 6) is -0.640. The molecule has 27 heavy (non-hydrogen) atoms. The molecule has 10 heteroatoms. The van der Waals surface area contributed by atoms with Gasteiger partial charge in [0, 0.05) is 10.4 Å². The van der Waals surface area contributed by atoms with E-state index in [1.807, 2.05) is 0 Å². The van der Waals surface area contributed by atoms with Crippen molar-refractivity contribution in [2.45, 2.75) is 11.5 Å². The van der Waals surface area contributed by atoms with Gasteiger partial charge in [0.2, 0.25) is 0 Å². The first-order valence-electron chi connectivity index (χ1n) is 7.67.